The Morgan fingerprint density at radius 2 is 1.41 bits per heavy atom. The topological polar surface area (TPSA) is 160 Å². The van der Waals surface area contributed by atoms with Crippen molar-refractivity contribution in [3.05, 3.63) is 54.1 Å². The lowest BCUT2D eigenvalue weighted by atomic mass is 10.1. The molecule has 1 saturated carbocycles. The predicted molar refractivity (Wildman–Crippen MR) is 186 cm³/mol. The average molecular weight is 672 g/mol. The molecule has 3 unspecified atom stereocenters. The van der Waals surface area contributed by atoms with Gasteiger partial charge < -0.3 is 40.3 Å². The molecule has 3 aliphatic heterocycles. The molecule has 4 heterocycles. The van der Waals surface area contributed by atoms with E-state index in [4.69, 9.17) is 19.7 Å². The van der Waals surface area contributed by atoms with Gasteiger partial charge in [0.2, 0.25) is 11.9 Å². The fourth-order valence-electron chi connectivity index (χ4n) is 7.00. The highest BCUT2D eigenvalue weighted by atomic mass is 16.5. The van der Waals surface area contributed by atoms with E-state index >= 15 is 0 Å². The van der Waals surface area contributed by atoms with E-state index in [-0.39, 0.29) is 37.2 Å². The summed E-state index contributed by atoms with van der Waals surface area (Å²) in [6.07, 6.45) is 4.01. The largest absolute Gasteiger partial charge is 0.394 e. The maximum absolute atomic E-state index is 13.0. The molecule has 4 aliphatic rings. The number of carbonyl (C=O) groups is 2. The van der Waals surface area contributed by atoms with Crippen LogP contribution < -0.4 is 20.4 Å². The van der Waals surface area contributed by atoms with Crippen LogP contribution in [0.3, 0.4) is 0 Å². The Labute approximate surface area is 286 Å². The first-order valence-corrected chi connectivity index (χ1v) is 17.3. The summed E-state index contributed by atoms with van der Waals surface area (Å²) in [7, 11) is 0. The molecule has 260 valence electrons. The van der Waals surface area contributed by atoms with Gasteiger partial charge in [-0.25, -0.2) is 4.79 Å². The number of nitrogens with one attached hydrogen (secondary N) is 2. The molecule has 0 radical (unpaired) electrons. The number of piperazine rings is 1. The Hall–Kier alpha value is -4.37. The molecule has 3 atom stereocenters. The van der Waals surface area contributed by atoms with Gasteiger partial charge in [-0.2, -0.15) is 15.0 Å². The third-order valence-electron chi connectivity index (χ3n) is 9.96. The van der Waals surface area contributed by atoms with Crippen LogP contribution in [0.2, 0.25) is 0 Å². The number of nitrogens with zero attached hydrogens (tertiary/aromatic N) is 7. The van der Waals surface area contributed by atoms with Crippen molar-refractivity contribution in [2.75, 3.05) is 79.6 Å². The van der Waals surface area contributed by atoms with Crippen LogP contribution in [0.25, 0.3) is 11.4 Å². The van der Waals surface area contributed by atoms with Crippen molar-refractivity contribution >= 4 is 35.2 Å². The highest BCUT2D eigenvalue weighted by molar-refractivity contribution is 6.00. The van der Waals surface area contributed by atoms with Crippen molar-refractivity contribution in [3.8, 4) is 11.4 Å². The fourth-order valence-corrected chi connectivity index (χ4v) is 7.00. The van der Waals surface area contributed by atoms with Crippen molar-refractivity contribution in [1.82, 2.24) is 24.8 Å². The summed E-state index contributed by atoms with van der Waals surface area (Å²) in [6, 6.07) is 14.2. The van der Waals surface area contributed by atoms with Gasteiger partial charge in [0.15, 0.2) is 5.82 Å². The van der Waals surface area contributed by atoms with E-state index in [9.17, 15) is 19.8 Å². The molecule has 14 heteroatoms. The van der Waals surface area contributed by atoms with Crippen LogP contribution in [0, 0.1) is 0 Å². The Bertz CT molecular complexity index is 1600. The lowest BCUT2D eigenvalue weighted by molar-refractivity contribution is 0.0627. The second kappa shape index (κ2) is 14.6. The zero-order chi connectivity index (χ0) is 33.9. The van der Waals surface area contributed by atoms with Crippen molar-refractivity contribution in [2.24, 2.45) is 0 Å². The summed E-state index contributed by atoms with van der Waals surface area (Å²) in [5, 5.41) is 25.9. The zero-order valence-electron chi connectivity index (χ0n) is 27.9. The van der Waals surface area contributed by atoms with Crippen LogP contribution in [-0.4, -0.2) is 130 Å². The van der Waals surface area contributed by atoms with Crippen LogP contribution in [0.1, 0.15) is 43.0 Å². The lowest BCUT2D eigenvalue weighted by Gasteiger charge is -2.34. The number of rotatable bonds is 9. The number of amides is 3. The molecule has 3 amide bonds. The first-order chi connectivity index (χ1) is 23.9. The summed E-state index contributed by atoms with van der Waals surface area (Å²) in [5.74, 6) is 1.40. The Morgan fingerprint density at radius 1 is 0.796 bits per heavy atom. The number of aliphatic hydroxyl groups is 2. The SMILES string of the molecule is CC1COCCN1c1nc(-c2ccc(NC(=O)Nc3ccc(C(=O)N4CCN(C5CC5)CC4)cc3)cc2)nc(N2C(CO)CCC2CO)n1. The van der Waals surface area contributed by atoms with Gasteiger partial charge in [-0.1, -0.05) is 0 Å². The third-order valence-corrected chi connectivity index (χ3v) is 9.96. The lowest BCUT2D eigenvalue weighted by Crippen LogP contribution is -2.49. The minimum absolute atomic E-state index is 0.0188. The summed E-state index contributed by atoms with van der Waals surface area (Å²) in [5.41, 5.74) is 2.50. The number of urea groups is 1. The maximum atomic E-state index is 13.0. The quantitative estimate of drug-likeness (QED) is 0.265. The van der Waals surface area contributed by atoms with Gasteiger partial charge in [0.05, 0.1) is 44.6 Å². The first-order valence-electron chi connectivity index (χ1n) is 17.3. The number of benzene rings is 2. The standard InChI is InChI=1S/C35H45N9O5/c1-23-22-49-19-18-43(23)33-38-31(39-34(40-33)44-29(20-45)12-13-30(44)21-46)24-2-6-26(7-3-24)36-35(48)37-27-8-4-25(5-9-27)32(47)42-16-14-41(15-17-42)28-10-11-28/h2-9,23,28-30,45-46H,10-22H2,1H3,(H2,36,37,48). The number of carbonyl (C=O) groups excluding carboxylic acids is 2. The van der Waals surface area contributed by atoms with E-state index in [2.05, 4.69) is 27.4 Å². The number of aromatic nitrogens is 3. The number of ether oxygens (including phenoxy) is 1. The van der Waals surface area contributed by atoms with Gasteiger partial charge in [0.1, 0.15) is 0 Å². The maximum Gasteiger partial charge on any atom is 0.323 e. The summed E-state index contributed by atoms with van der Waals surface area (Å²) >= 11 is 0. The molecule has 7 rings (SSSR count). The number of hydrogen-bond acceptors (Lipinski definition) is 11. The number of morpholine rings is 1. The molecule has 1 aliphatic carbocycles. The van der Waals surface area contributed by atoms with Crippen molar-refractivity contribution < 1.29 is 24.5 Å². The summed E-state index contributed by atoms with van der Waals surface area (Å²) in [4.78, 5) is 48.7. The minimum atomic E-state index is -0.409. The molecule has 1 aromatic heterocycles. The van der Waals surface area contributed by atoms with E-state index < -0.39 is 6.03 Å². The minimum Gasteiger partial charge on any atom is -0.394 e. The molecular formula is C35H45N9O5. The highest BCUT2D eigenvalue weighted by Crippen LogP contribution is 2.32. The van der Waals surface area contributed by atoms with Crippen LogP contribution in [0.4, 0.5) is 28.1 Å². The number of hydrogen-bond donors (Lipinski definition) is 4. The molecule has 0 spiro atoms. The third kappa shape index (κ3) is 7.47. The Morgan fingerprint density at radius 3 is 2.00 bits per heavy atom. The summed E-state index contributed by atoms with van der Waals surface area (Å²) in [6.45, 7) is 7.01. The zero-order valence-corrected chi connectivity index (χ0v) is 27.9. The monoisotopic (exact) mass is 671 g/mol. The molecule has 3 aromatic rings. The molecule has 4 fully saturated rings. The van der Waals surface area contributed by atoms with E-state index in [0.29, 0.717) is 54.4 Å². The first kappa shape index (κ1) is 33.1. The molecule has 4 N–H and O–H groups in total. The van der Waals surface area contributed by atoms with Crippen molar-refractivity contribution in [1.29, 1.82) is 0 Å². The molecule has 14 nitrogen and oxygen atoms in total. The normalized spacial score (nSPS) is 23.1. The van der Waals surface area contributed by atoms with Gasteiger partial charge in [-0.05, 0) is 81.1 Å². The van der Waals surface area contributed by atoms with Crippen LogP contribution >= 0.6 is 0 Å². The van der Waals surface area contributed by atoms with Gasteiger partial charge in [-0.3, -0.25) is 9.69 Å². The average Bonchev–Trinajstić information content (AvgIpc) is 3.90. The van der Waals surface area contributed by atoms with Crippen LogP contribution in [0.15, 0.2) is 48.5 Å². The molecule has 2 aromatic carbocycles. The van der Waals surface area contributed by atoms with Crippen LogP contribution in [0.5, 0.6) is 0 Å². The van der Waals surface area contributed by atoms with Crippen molar-refractivity contribution in [2.45, 2.75) is 56.8 Å². The van der Waals surface area contributed by atoms with Gasteiger partial charge >= 0.3 is 6.03 Å². The smallest absolute Gasteiger partial charge is 0.323 e. The highest BCUT2D eigenvalue weighted by Gasteiger charge is 2.36. The predicted octanol–water partition coefficient (Wildman–Crippen LogP) is 2.65. The second-order valence-electron chi connectivity index (χ2n) is 13.3. The Kier molecular flexibility index (Phi) is 9.89. The van der Waals surface area contributed by atoms with E-state index in [1.165, 1.54) is 12.8 Å². The second-order valence-corrected chi connectivity index (χ2v) is 13.3. The van der Waals surface area contributed by atoms with Gasteiger partial charge in [0, 0.05) is 61.3 Å². The molecular weight excluding hydrogens is 626 g/mol. The van der Waals surface area contributed by atoms with Gasteiger partial charge in [-0.15, -0.1) is 0 Å². The Balaban J connectivity index is 1.01. The number of anilines is 4. The number of aliphatic hydroxyl groups excluding tert-OH is 2. The van der Waals surface area contributed by atoms with Crippen LogP contribution in [-0.2, 0) is 4.74 Å². The molecule has 3 saturated heterocycles. The van der Waals surface area contributed by atoms with E-state index in [1.54, 1.807) is 36.4 Å². The van der Waals surface area contributed by atoms with E-state index in [1.807, 2.05) is 21.9 Å². The van der Waals surface area contributed by atoms with Gasteiger partial charge in [0.25, 0.3) is 5.91 Å². The summed E-state index contributed by atoms with van der Waals surface area (Å²) < 4.78 is 5.63. The van der Waals surface area contributed by atoms with E-state index in [0.717, 1.165) is 50.6 Å². The molecule has 49 heavy (non-hydrogen) atoms. The van der Waals surface area contributed by atoms with Crippen molar-refractivity contribution in [3.63, 3.8) is 0 Å². The molecule has 0 bridgehead atoms. The fraction of sp³-hybridized carbons (Fsp3) is 0.514.